The van der Waals surface area contributed by atoms with Gasteiger partial charge in [-0.05, 0) is 51.8 Å². The molecule has 2 N–H and O–H groups in total. The molecule has 2 aromatic rings. The summed E-state index contributed by atoms with van der Waals surface area (Å²) in [6.07, 6.45) is 1.57. The average Bonchev–Trinajstić information content (AvgIpc) is 2.76. The fourth-order valence-electron chi connectivity index (χ4n) is 2.31. The summed E-state index contributed by atoms with van der Waals surface area (Å²) in [5.74, 6) is -0.727. The molecule has 1 heterocycles. The molecule has 0 saturated heterocycles. The van der Waals surface area contributed by atoms with E-state index in [0.29, 0.717) is 22.4 Å². The topological polar surface area (TPSA) is 92.5 Å². The predicted molar refractivity (Wildman–Crippen MR) is 93.1 cm³/mol. The van der Waals surface area contributed by atoms with Crippen LogP contribution < -0.4 is 5.32 Å². The van der Waals surface area contributed by atoms with Crippen molar-refractivity contribution in [1.82, 2.24) is 0 Å². The number of phenols is 1. The van der Waals surface area contributed by atoms with Crippen LogP contribution in [0.15, 0.2) is 39.3 Å². The summed E-state index contributed by atoms with van der Waals surface area (Å²) in [5, 5.41) is 23.2. The Morgan fingerprint density at radius 2 is 1.96 bits per heavy atom. The van der Waals surface area contributed by atoms with E-state index in [4.69, 9.17) is 0 Å². The second kappa shape index (κ2) is 5.78. The Bertz CT molecular complexity index is 893. The number of hydrogen-bond acceptors (Lipinski definition) is 4. The number of nitro benzene ring substituents is 1. The molecule has 1 aliphatic rings. The summed E-state index contributed by atoms with van der Waals surface area (Å²) in [7, 11) is 0. The van der Waals surface area contributed by atoms with Crippen molar-refractivity contribution in [2.75, 3.05) is 5.32 Å². The third-order valence-electron chi connectivity index (χ3n) is 3.34. The SMILES string of the molecule is O=C1Nc2c(Br)cc(Br)cc2C1=Cc1ccc([N+](=O)[O-])c(O)c1. The first-order valence-corrected chi connectivity index (χ1v) is 7.95. The number of carbonyl (C=O) groups excluding carboxylic acids is 1. The molecule has 0 saturated carbocycles. The molecule has 0 radical (unpaired) electrons. The van der Waals surface area contributed by atoms with Crippen LogP contribution in [-0.2, 0) is 4.79 Å². The lowest BCUT2D eigenvalue weighted by Crippen LogP contribution is -2.03. The number of phenolic OH excluding ortho intramolecular Hbond substituents is 1. The molecule has 0 unspecified atom stereocenters. The zero-order valence-electron chi connectivity index (χ0n) is 11.3. The maximum absolute atomic E-state index is 12.2. The van der Waals surface area contributed by atoms with Crippen LogP contribution in [0.5, 0.6) is 5.75 Å². The van der Waals surface area contributed by atoms with Crippen LogP contribution in [0.2, 0.25) is 0 Å². The molecule has 23 heavy (non-hydrogen) atoms. The predicted octanol–water partition coefficient (Wildman–Crippen LogP) is 4.32. The van der Waals surface area contributed by atoms with E-state index in [1.165, 1.54) is 18.2 Å². The molecular formula is C15H8Br2N2O4. The van der Waals surface area contributed by atoms with E-state index in [9.17, 15) is 20.0 Å². The van der Waals surface area contributed by atoms with Crippen LogP contribution in [0.3, 0.4) is 0 Å². The van der Waals surface area contributed by atoms with Crippen LogP contribution in [0.25, 0.3) is 11.6 Å². The standard InChI is InChI=1S/C15H8Br2N2O4/c16-8-5-9-10(15(21)18-14(9)11(17)6-8)3-7-1-2-12(19(22)23)13(20)4-7/h1-6,20H,(H,18,21). The van der Waals surface area contributed by atoms with Crippen molar-refractivity contribution < 1.29 is 14.8 Å². The number of hydrogen-bond donors (Lipinski definition) is 2. The molecule has 0 fully saturated rings. The van der Waals surface area contributed by atoms with Gasteiger partial charge in [-0.3, -0.25) is 14.9 Å². The molecule has 6 nitrogen and oxygen atoms in total. The van der Waals surface area contributed by atoms with Crippen molar-refractivity contribution >= 4 is 60.8 Å². The summed E-state index contributed by atoms with van der Waals surface area (Å²) in [6.45, 7) is 0. The zero-order valence-corrected chi connectivity index (χ0v) is 14.5. The highest BCUT2D eigenvalue weighted by atomic mass is 79.9. The van der Waals surface area contributed by atoms with E-state index in [2.05, 4.69) is 37.2 Å². The van der Waals surface area contributed by atoms with Crippen LogP contribution in [-0.4, -0.2) is 15.9 Å². The van der Waals surface area contributed by atoms with Gasteiger partial charge >= 0.3 is 5.69 Å². The summed E-state index contributed by atoms with van der Waals surface area (Å²) < 4.78 is 1.54. The highest BCUT2D eigenvalue weighted by Gasteiger charge is 2.26. The highest BCUT2D eigenvalue weighted by molar-refractivity contribution is 9.11. The molecule has 0 bridgehead atoms. The minimum absolute atomic E-state index is 0.281. The van der Waals surface area contributed by atoms with E-state index >= 15 is 0 Å². The van der Waals surface area contributed by atoms with Crippen molar-refractivity contribution in [3.8, 4) is 5.75 Å². The molecule has 116 valence electrons. The Hall–Kier alpha value is -2.19. The largest absolute Gasteiger partial charge is 0.502 e. The molecule has 3 rings (SSSR count). The van der Waals surface area contributed by atoms with Gasteiger partial charge in [-0.25, -0.2) is 0 Å². The maximum Gasteiger partial charge on any atom is 0.310 e. The Morgan fingerprint density at radius 1 is 1.22 bits per heavy atom. The Morgan fingerprint density at radius 3 is 2.61 bits per heavy atom. The first-order chi connectivity index (χ1) is 10.9. The van der Waals surface area contributed by atoms with Crippen molar-refractivity contribution in [3.05, 3.63) is 60.5 Å². The van der Waals surface area contributed by atoms with Gasteiger partial charge < -0.3 is 10.4 Å². The third-order valence-corrected chi connectivity index (χ3v) is 4.42. The average molecular weight is 440 g/mol. The lowest BCUT2D eigenvalue weighted by molar-refractivity contribution is -0.385. The quantitative estimate of drug-likeness (QED) is 0.414. The summed E-state index contributed by atoms with van der Waals surface area (Å²) in [6, 6.07) is 7.55. The Labute approximate surface area is 147 Å². The summed E-state index contributed by atoms with van der Waals surface area (Å²) in [4.78, 5) is 22.2. The number of fused-ring (bicyclic) bond motifs is 1. The first-order valence-electron chi connectivity index (χ1n) is 6.36. The molecule has 1 amide bonds. The van der Waals surface area contributed by atoms with Gasteiger partial charge in [0.15, 0.2) is 5.75 Å². The van der Waals surface area contributed by atoms with E-state index in [-0.39, 0.29) is 11.6 Å². The fraction of sp³-hybridized carbons (Fsp3) is 0. The van der Waals surface area contributed by atoms with Crippen molar-refractivity contribution in [2.45, 2.75) is 0 Å². The highest BCUT2D eigenvalue weighted by Crippen LogP contribution is 2.40. The van der Waals surface area contributed by atoms with Crippen molar-refractivity contribution in [1.29, 1.82) is 0 Å². The smallest absolute Gasteiger partial charge is 0.310 e. The van der Waals surface area contributed by atoms with Crippen molar-refractivity contribution in [3.63, 3.8) is 0 Å². The van der Waals surface area contributed by atoms with Crippen LogP contribution >= 0.6 is 31.9 Å². The van der Waals surface area contributed by atoms with Gasteiger partial charge in [0.2, 0.25) is 0 Å². The molecule has 1 aliphatic heterocycles. The second-order valence-electron chi connectivity index (χ2n) is 4.83. The van der Waals surface area contributed by atoms with E-state index in [1.807, 2.05) is 6.07 Å². The second-order valence-corrected chi connectivity index (χ2v) is 6.60. The monoisotopic (exact) mass is 438 g/mol. The number of halogens is 2. The molecular weight excluding hydrogens is 432 g/mol. The Balaban J connectivity index is 2.10. The molecule has 0 atom stereocenters. The van der Waals surface area contributed by atoms with Gasteiger partial charge in [-0.1, -0.05) is 15.9 Å². The molecule has 2 aromatic carbocycles. The van der Waals surface area contributed by atoms with E-state index < -0.39 is 10.7 Å². The number of nitrogens with zero attached hydrogens (tertiary/aromatic N) is 1. The number of aromatic hydroxyl groups is 1. The van der Waals surface area contributed by atoms with Gasteiger partial charge in [0, 0.05) is 26.1 Å². The number of benzene rings is 2. The number of carbonyl (C=O) groups is 1. The van der Waals surface area contributed by atoms with Gasteiger partial charge in [0.25, 0.3) is 5.91 Å². The van der Waals surface area contributed by atoms with Crippen LogP contribution in [0.4, 0.5) is 11.4 Å². The number of rotatable bonds is 2. The minimum atomic E-state index is -0.669. The lowest BCUT2D eigenvalue weighted by atomic mass is 10.0. The van der Waals surface area contributed by atoms with Crippen molar-refractivity contribution in [2.24, 2.45) is 0 Å². The fourth-order valence-corrected chi connectivity index (χ4v) is 3.64. The summed E-state index contributed by atoms with van der Waals surface area (Å²) in [5.41, 5.74) is 1.89. The molecule has 0 aromatic heterocycles. The van der Waals surface area contributed by atoms with Gasteiger partial charge in [0.05, 0.1) is 10.6 Å². The summed E-state index contributed by atoms with van der Waals surface area (Å²) >= 11 is 6.76. The number of anilines is 1. The molecule has 8 heteroatoms. The molecule has 0 spiro atoms. The Kier molecular flexibility index (Phi) is 3.95. The first kappa shape index (κ1) is 15.7. The zero-order chi connectivity index (χ0) is 16.7. The molecule has 0 aliphatic carbocycles. The third kappa shape index (κ3) is 2.87. The minimum Gasteiger partial charge on any atom is -0.502 e. The van der Waals surface area contributed by atoms with Gasteiger partial charge in [-0.15, -0.1) is 0 Å². The lowest BCUT2D eigenvalue weighted by Gasteiger charge is -2.03. The number of nitrogens with one attached hydrogen (secondary N) is 1. The van der Waals surface area contributed by atoms with E-state index in [1.54, 1.807) is 12.1 Å². The normalized spacial score (nSPS) is 14.7. The van der Waals surface area contributed by atoms with Crippen LogP contribution in [0, 0.1) is 10.1 Å². The van der Waals surface area contributed by atoms with E-state index in [0.717, 1.165) is 8.95 Å². The number of amides is 1. The maximum atomic E-state index is 12.2. The van der Waals surface area contributed by atoms with Gasteiger partial charge in [-0.2, -0.15) is 0 Å². The van der Waals surface area contributed by atoms with Gasteiger partial charge in [0.1, 0.15) is 0 Å². The number of nitro groups is 1. The van der Waals surface area contributed by atoms with Crippen LogP contribution in [0.1, 0.15) is 11.1 Å².